The van der Waals surface area contributed by atoms with E-state index in [1.807, 2.05) is 0 Å². The molecular weight excluding hydrogens is 1120 g/mol. The molecule has 0 N–H and O–H groups in total. The number of benzene rings is 10. The molecule has 408 valence electrons. The molecule has 0 aliphatic heterocycles. The van der Waals surface area contributed by atoms with Gasteiger partial charge in [0.05, 0.1) is 0 Å². The van der Waals surface area contributed by atoms with E-state index in [0.717, 1.165) is 0 Å². The van der Waals surface area contributed by atoms with Crippen LogP contribution in [0, 0.1) is 0 Å². The summed E-state index contributed by atoms with van der Waals surface area (Å²) in [6, 6.07) is 116. The molecule has 2 unspecified atom stereocenters. The van der Waals surface area contributed by atoms with Crippen molar-refractivity contribution in [2.75, 3.05) is 79.8 Å². The van der Waals surface area contributed by atoms with Gasteiger partial charge in [0, 0.05) is 0 Å². The molecule has 0 heterocycles. The van der Waals surface area contributed by atoms with Crippen LogP contribution in [-0.4, -0.2) is 79.8 Å². The van der Waals surface area contributed by atoms with Crippen LogP contribution >= 0.6 is 63.4 Å². The Morgan fingerprint density at radius 3 is 0.469 bits per heavy atom. The fourth-order valence-electron chi connectivity index (χ4n) is 10.7. The zero-order valence-corrected chi connectivity index (χ0v) is 53.8. The van der Waals surface area contributed by atoms with Crippen molar-refractivity contribution >= 4 is 116 Å². The maximum Gasteiger partial charge on any atom is -0.00397 e. The van der Waals surface area contributed by atoms with Crippen molar-refractivity contribution in [3.63, 3.8) is 0 Å². The lowest BCUT2D eigenvalue weighted by Gasteiger charge is -2.30. The Bertz CT molecular complexity index is 2700. The summed E-state index contributed by atoms with van der Waals surface area (Å²) < 4.78 is 0. The quantitative estimate of drug-likeness (QED) is 0.0394. The van der Waals surface area contributed by atoms with E-state index in [9.17, 15) is 0 Å². The highest BCUT2D eigenvalue weighted by Crippen LogP contribution is 2.55. The Morgan fingerprint density at radius 2 is 0.296 bits per heavy atom. The monoisotopic (exact) mass is 1200 g/mol. The van der Waals surface area contributed by atoms with E-state index >= 15 is 0 Å². The van der Waals surface area contributed by atoms with E-state index in [-0.39, 0.29) is 15.8 Å². The molecule has 8 heteroatoms. The van der Waals surface area contributed by atoms with E-state index in [2.05, 4.69) is 303 Å². The van der Waals surface area contributed by atoms with Gasteiger partial charge in [-0.1, -0.05) is 319 Å². The van der Waals surface area contributed by atoms with Crippen molar-refractivity contribution in [2.24, 2.45) is 0 Å². The fraction of sp³-hybridized carbons (Fsp3) is 0.178. The first-order valence-corrected chi connectivity index (χ1v) is 42.1. The van der Waals surface area contributed by atoms with Crippen LogP contribution in [0.2, 0.25) is 0 Å². The second kappa shape index (κ2) is 33.2. The lowest BCUT2D eigenvalue weighted by atomic mass is 10.4. The molecule has 0 aromatic heterocycles. The lowest BCUT2D eigenvalue weighted by Crippen LogP contribution is -2.19. The number of hydrogen-bond donors (Lipinski definition) is 0. The van der Waals surface area contributed by atoms with Gasteiger partial charge in [0.1, 0.15) is 0 Å². The molecule has 0 nitrogen and oxygen atoms in total. The minimum Gasteiger partial charge on any atom is -0.106 e. The van der Waals surface area contributed by atoms with E-state index in [1.54, 1.807) is 10.6 Å². The van der Waals surface area contributed by atoms with Crippen molar-refractivity contribution in [1.29, 1.82) is 0 Å². The van der Waals surface area contributed by atoms with E-state index < -0.39 is 47.5 Å². The van der Waals surface area contributed by atoms with Gasteiger partial charge in [-0.15, -0.1) is 15.8 Å². The second-order valence-electron chi connectivity index (χ2n) is 20.3. The minimum atomic E-state index is -0.457. The third-order valence-corrected chi connectivity index (χ3v) is 38.7. The Morgan fingerprint density at radius 1 is 0.148 bits per heavy atom. The normalized spacial score (nSPS) is 12.4. The summed E-state index contributed by atoms with van der Waals surface area (Å²) in [6.45, 7) is 0. The Hall–Kier alpha value is -4.36. The topological polar surface area (TPSA) is 0 Å². The molecule has 0 amide bonds. The molecule has 0 aliphatic rings. The molecule has 0 spiro atoms. The van der Waals surface area contributed by atoms with Crippen LogP contribution < -0.4 is 53.0 Å². The highest BCUT2D eigenvalue weighted by atomic mass is 31.2. The van der Waals surface area contributed by atoms with Gasteiger partial charge in [0.25, 0.3) is 0 Å². The van der Waals surface area contributed by atoms with Gasteiger partial charge in [0.15, 0.2) is 0 Å². The van der Waals surface area contributed by atoms with Crippen LogP contribution in [0.1, 0.15) is 0 Å². The van der Waals surface area contributed by atoms with Crippen LogP contribution in [-0.2, 0) is 0 Å². The second-order valence-corrected chi connectivity index (χ2v) is 40.2. The summed E-state index contributed by atoms with van der Waals surface area (Å²) in [5, 5.41) is 15.3. The molecule has 10 rings (SSSR count). The number of rotatable bonds is 30. The molecule has 10 aromatic carbocycles. The van der Waals surface area contributed by atoms with Gasteiger partial charge in [-0.3, -0.25) is 0 Å². The van der Waals surface area contributed by atoms with Crippen molar-refractivity contribution in [3.8, 4) is 0 Å². The highest BCUT2D eigenvalue weighted by Gasteiger charge is 2.26. The lowest BCUT2D eigenvalue weighted by molar-refractivity contribution is 1.35. The van der Waals surface area contributed by atoms with Crippen LogP contribution in [0.15, 0.2) is 303 Å². The van der Waals surface area contributed by atoms with Gasteiger partial charge < -0.3 is 0 Å². The first kappa shape index (κ1) is 59.8. The van der Waals surface area contributed by atoms with E-state index in [0.29, 0.717) is 0 Å². The summed E-state index contributed by atoms with van der Waals surface area (Å²) in [5.74, 6) is 1.31. The largest absolute Gasteiger partial charge is 0.106 e. The third-order valence-electron chi connectivity index (χ3n) is 15.1. The van der Waals surface area contributed by atoms with Gasteiger partial charge in [-0.25, -0.2) is 0 Å². The summed E-state index contributed by atoms with van der Waals surface area (Å²) in [5.41, 5.74) is 0. The first-order valence-electron chi connectivity index (χ1n) is 28.8. The summed E-state index contributed by atoms with van der Waals surface area (Å²) in [4.78, 5) is 0. The molecule has 0 bridgehead atoms. The number of hydrogen-bond acceptors (Lipinski definition) is 0. The minimum absolute atomic E-state index is 0.245. The highest BCUT2D eigenvalue weighted by molar-refractivity contribution is 7.82. The fourth-order valence-corrected chi connectivity index (χ4v) is 37.3. The maximum absolute atomic E-state index is 2.50. The van der Waals surface area contributed by atoms with Crippen molar-refractivity contribution in [3.05, 3.63) is 303 Å². The van der Waals surface area contributed by atoms with Crippen LogP contribution in [0.5, 0.6) is 0 Å². The van der Waals surface area contributed by atoms with Gasteiger partial charge in [-0.2, -0.15) is 0 Å². The Kier molecular flexibility index (Phi) is 24.5. The molecule has 0 saturated carbocycles. The summed E-state index contributed by atoms with van der Waals surface area (Å²) in [6.07, 6.45) is 15.6. The smallest absolute Gasteiger partial charge is 0.00397 e. The first-order chi connectivity index (χ1) is 40.2. The standard InChI is InChI=1S/C73H76P8/c1-11-31-64(32-12-1)76(57-51-74(53-59-78(66-35-15-3-16-36-66)67-37-17-4-18-38-67)54-60-79(68-39-19-5-20-40-68)69-41-21-6-22-42-69)63-77(65-33-13-2-14-34-65)58-52-75(55-61-80(70-43-23-7-24-44-70)71-45-25-8-26-46-71)56-62-81(72-47-27-9-28-48-72)73-49-29-10-30-50-73/h1-50H,51-63H2. The maximum atomic E-state index is 2.50. The Labute approximate surface area is 496 Å². The zero-order valence-electron chi connectivity index (χ0n) is 46.6. The van der Waals surface area contributed by atoms with E-state index in [1.165, 1.54) is 122 Å². The van der Waals surface area contributed by atoms with Crippen LogP contribution in [0.4, 0.5) is 0 Å². The average molecular weight is 1200 g/mol. The van der Waals surface area contributed by atoms with Gasteiger partial charge in [0.2, 0.25) is 0 Å². The Balaban J connectivity index is 0.935. The van der Waals surface area contributed by atoms with Gasteiger partial charge >= 0.3 is 0 Å². The molecular formula is C73H76P8. The summed E-state index contributed by atoms with van der Waals surface area (Å²) >= 11 is 0. The predicted octanol–water partition coefficient (Wildman–Crippen LogP) is 16.1. The van der Waals surface area contributed by atoms with Crippen LogP contribution in [0.3, 0.4) is 0 Å². The van der Waals surface area contributed by atoms with Crippen LogP contribution in [0.25, 0.3) is 0 Å². The average Bonchev–Trinajstić information content (AvgIpc) is 3.55. The van der Waals surface area contributed by atoms with Gasteiger partial charge in [-0.05, 0) is 165 Å². The van der Waals surface area contributed by atoms with E-state index in [4.69, 9.17) is 0 Å². The molecule has 0 radical (unpaired) electrons. The third kappa shape index (κ3) is 18.3. The molecule has 0 aliphatic carbocycles. The van der Waals surface area contributed by atoms with Crippen molar-refractivity contribution in [1.82, 2.24) is 0 Å². The van der Waals surface area contributed by atoms with Crippen molar-refractivity contribution in [2.45, 2.75) is 0 Å². The molecule has 0 saturated heterocycles. The molecule has 2 atom stereocenters. The molecule has 0 fully saturated rings. The molecule has 10 aromatic rings. The van der Waals surface area contributed by atoms with Crippen molar-refractivity contribution < 1.29 is 0 Å². The zero-order chi connectivity index (χ0) is 54.9. The predicted molar refractivity (Wildman–Crippen MR) is 379 cm³/mol. The summed E-state index contributed by atoms with van der Waals surface area (Å²) in [7, 11) is -3.11. The SMILES string of the molecule is c1ccc(P(CCP(CCP(c2ccccc2)c2ccccc2)CCP(c2ccccc2)c2ccccc2)CP(CCP(CCP(c2ccccc2)c2ccccc2)CCP(c2ccccc2)c2ccccc2)c2ccccc2)cc1. The molecule has 81 heavy (non-hydrogen) atoms.